The van der Waals surface area contributed by atoms with Gasteiger partial charge in [0.1, 0.15) is 5.69 Å². The Morgan fingerprint density at radius 2 is 1.88 bits per heavy atom. The minimum Gasteiger partial charge on any atom is -0.476 e. The van der Waals surface area contributed by atoms with E-state index in [1.165, 1.54) is 29.9 Å². The lowest BCUT2D eigenvalue weighted by molar-refractivity contribution is -0.137. The highest BCUT2D eigenvalue weighted by Crippen LogP contribution is 2.32. The minimum absolute atomic E-state index is 0.00651. The molecular weight excluding hydrogens is 351 g/mol. The Morgan fingerprint density at radius 1 is 1.27 bits per heavy atom. The molecule has 0 saturated heterocycles. The zero-order valence-electron chi connectivity index (χ0n) is 13.8. The lowest BCUT2D eigenvalue weighted by Crippen LogP contribution is -2.33. The number of aromatic nitrogens is 2. The number of alkyl halides is 3. The number of amides is 1. The van der Waals surface area contributed by atoms with E-state index >= 15 is 0 Å². The summed E-state index contributed by atoms with van der Waals surface area (Å²) in [6.45, 7) is 0.148. The predicted octanol–water partition coefficient (Wildman–Crippen LogP) is 2.94. The Bertz CT molecular complexity index is 839. The molecule has 0 spiro atoms. The number of halogens is 3. The fourth-order valence-corrected chi connectivity index (χ4v) is 2.67. The number of aromatic carboxylic acids is 1. The van der Waals surface area contributed by atoms with Crippen LogP contribution in [0.25, 0.3) is 0 Å². The van der Waals surface area contributed by atoms with Crippen LogP contribution in [0.4, 0.5) is 13.2 Å². The number of aryl methyl sites for hydroxylation is 1. The van der Waals surface area contributed by atoms with Gasteiger partial charge in [-0.25, -0.2) is 4.79 Å². The van der Waals surface area contributed by atoms with E-state index in [2.05, 4.69) is 5.10 Å². The van der Waals surface area contributed by atoms with Gasteiger partial charge in [-0.1, -0.05) is 12.1 Å². The highest BCUT2D eigenvalue weighted by molar-refractivity contribution is 5.96. The van der Waals surface area contributed by atoms with E-state index in [-0.39, 0.29) is 24.0 Å². The summed E-state index contributed by atoms with van der Waals surface area (Å²) in [5, 5.41) is 12.8. The highest BCUT2D eigenvalue weighted by Gasteiger charge is 2.35. The first-order chi connectivity index (χ1) is 12.2. The van der Waals surface area contributed by atoms with E-state index in [0.717, 1.165) is 25.0 Å². The van der Waals surface area contributed by atoms with Crippen molar-refractivity contribution in [3.05, 3.63) is 52.8 Å². The van der Waals surface area contributed by atoms with Crippen molar-refractivity contribution in [3.63, 3.8) is 0 Å². The molecule has 0 aliphatic heterocycles. The summed E-state index contributed by atoms with van der Waals surface area (Å²) in [4.78, 5) is 25.4. The lowest BCUT2D eigenvalue weighted by atomic mass is 10.1. The molecule has 9 heteroatoms. The molecule has 0 bridgehead atoms. The molecule has 138 valence electrons. The van der Waals surface area contributed by atoms with Crippen molar-refractivity contribution in [2.24, 2.45) is 7.05 Å². The van der Waals surface area contributed by atoms with Crippen molar-refractivity contribution in [3.8, 4) is 0 Å². The van der Waals surface area contributed by atoms with Gasteiger partial charge in [-0.05, 0) is 30.5 Å². The van der Waals surface area contributed by atoms with E-state index in [4.69, 9.17) is 5.11 Å². The monoisotopic (exact) mass is 367 g/mol. The number of carboxylic acids is 1. The van der Waals surface area contributed by atoms with Crippen LogP contribution in [-0.2, 0) is 19.8 Å². The van der Waals surface area contributed by atoms with Crippen LogP contribution >= 0.6 is 0 Å². The summed E-state index contributed by atoms with van der Waals surface area (Å²) in [5.74, 6) is -1.63. The van der Waals surface area contributed by atoms with Crippen LogP contribution in [0.2, 0.25) is 0 Å². The van der Waals surface area contributed by atoms with E-state index < -0.39 is 23.6 Å². The van der Waals surface area contributed by atoms with Gasteiger partial charge < -0.3 is 10.0 Å². The van der Waals surface area contributed by atoms with Gasteiger partial charge in [0.25, 0.3) is 5.91 Å². The van der Waals surface area contributed by atoms with E-state index in [1.54, 1.807) is 4.90 Å². The molecule has 2 aromatic rings. The maximum Gasteiger partial charge on any atom is 0.416 e. The number of nitrogens with zero attached hydrogens (tertiary/aromatic N) is 3. The number of carbonyl (C=O) groups is 2. The summed E-state index contributed by atoms with van der Waals surface area (Å²) in [6.07, 6.45) is -2.81. The maximum absolute atomic E-state index is 12.8. The zero-order chi connectivity index (χ0) is 19.1. The second-order valence-electron chi connectivity index (χ2n) is 6.20. The number of carbonyl (C=O) groups excluding carboxylic acids is 1. The zero-order valence-corrected chi connectivity index (χ0v) is 13.8. The summed E-state index contributed by atoms with van der Waals surface area (Å²) >= 11 is 0. The fraction of sp³-hybridized carbons (Fsp3) is 0.353. The largest absolute Gasteiger partial charge is 0.476 e. The Hall–Kier alpha value is -2.84. The Labute approximate surface area is 146 Å². The summed E-state index contributed by atoms with van der Waals surface area (Å²) in [6, 6.07) is 5.85. The SMILES string of the molecule is Cn1nc(C(=O)O)cc1C(=O)N(Cc1ccc(C(F)(F)F)cc1)C1CC1. The van der Waals surface area contributed by atoms with Crippen molar-refractivity contribution in [1.82, 2.24) is 14.7 Å². The van der Waals surface area contributed by atoms with E-state index in [0.29, 0.717) is 5.56 Å². The summed E-state index contributed by atoms with van der Waals surface area (Å²) in [7, 11) is 1.48. The van der Waals surface area contributed by atoms with Crippen LogP contribution in [-0.4, -0.2) is 37.7 Å². The van der Waals surface area contributed by atoms with E-state index in [1.807, 2.05) is 0 Å². The van der Waals surface area contributed by atoms with Crippen LogP contribution < -0.4 is 0 Å². The smallest absolute Gasteiger partial charge is 0.416 e. The van der Waals surface area contributed by atoms with Gasteiger partial charge in [-0.15, -0.1) is 0 Å². The predicted molar refractivity (Wildman–Crippen MR) is 84.5 cm³/mol. The number of hydrogen-bond acceptors (Lipinski definition) is 3. The van der Waals surface area contributed by atoms with Crippen molar-refractivity contribution < 1.29 is 27.9 Å². The molecule has 1 amide bonds. The summed E-state index contributed by atoms with van der Waals surface area (Å²) < 4.78 is 39.2. The Kier molecular flexibility index (Phi) is 4.47. The molecule has 1 saturated carbocycles. The maximum atomic E-state index is 12.8. The molecule has 0 unspecified atom stereocenters. The van der Waals surface area contributed by atoms with Gasteiger partial charge >= 0.3 is 12.1 Å². The molecule has 1 heterocycles. The van der Waals surface area contributed by atoms with Crippen molar-refractivity contribution in [1.29, 1.82) is 0 Å². The van der Waals surface area contributed by atoms with Crippen molar-refractivity contribution >= 4 is 11.9 Å². The average Bonchev–Trinajstić information content (AvgIpc) is 3.33. The second-order valence-corrected chi connectivity index (χ2v) is 6.20. The molecule has 1 aliphatic carbocycles. The average molecular weight is 367 g/mol. The third-order valence-electron chi connectivity index (χ3n) is 4.20. The van der Waals surface area contributed by atoms with Crippen molar-refractivity contribution in [2.45, 2.75) is 31.6 Å². The van der Waals surface area contributed by atoms with Gasteiger partial charge in [-0.2, -0.15) is 18.3 Å². The third kappa shape index (κ3) is 3.71. The van der Waals surface area contributed by atoms with Crippen LogP contribution in [0.15, 0.2) is 30.3 Å². The van der Waals surface area contributed by atoms with Crippen LogP contribution in [0.3, 0.4) is 0 Å². The molecule has 1 aliphatic rings. The normalized spacial score (nSPS) is 14.3. The molecule has 1 fully saturated rings. The number of rotatable bonds is 5. The molecule has 26 heavy (non-hydrogen) atoms. The van der Waals surface area contributed by atoms with Crippen LogP contribution in [0, 0.1) is 0 Å². The second kappa shape index (κ2) is 6.47. The summed E-state index contributed by atoms with van der Waals surface area (Å²) in [5.41, 5.74) is -0.288. The highest BCUT2D eigenvalue weighted by atomic mass is 19.4. The van der Waals surface area contributed by atoms with Gasteiger partial charge in [0.05, 0.1) is 5.56 Å². The first-order valence-electron chi connectivity index (χ1n) is 7.91. The lowest BCUT2D eigenvalue weighted by Gasteiger charge is -2.22. The Balaban J connectivity index is 1.82. The van der Waals surface area contributed by atoms with E-state index in [9.17, 15) is 22.8 Å². The Morgan fingerprint density at radius 3 is 2.35 bits per heavy atom. The number of hydrogen-bond donors (Lipinski definition) is 1. The molecule has 0 radical (unpaired) electrons. The van der Waals surface area contributed by atoms with Gasteiger partial charge in [-0.3, -0.25) is 9.48 Å². The topological polar surface area (TPSA) is 75.4 Å². The van der Waals surface area contributed by atoms with Gasteiger partial charge in [0, 0.05) is 25.7 Å². The number of benzene rings is 1. The quantitative estimate of drug-likeness (QED) is 0.882. The minimum atomic E-state index is -4.41. The molecule has 1 N–H and O–H groups in total. The molecule has 0 atom stereocenters. The molecule has 6 nitrogen and oxygen atoms in total. The van der Waals surface area contributed by atoms with Crippen LogP contribution in [0.5, 0.6) is 0 Å². The molecule has 3 rings (SSSR count). The first-order valence-corrected chi connectivity index (χ1v) is 7.91. The van der Waals surface area contributed by atoms with Gasteiger partial charge in [0.15, 0.2) is 5.69 Å². The first kappa shape index (κ1) is 18.0. The number of carboxylic acid groups (broad SMARTS) is 1. The third-order valence-corrected chi connectivity index (χ3v) is 4.20. The standard InChI is InChI=1S/C17H16F3N3O3/c1-22-14(8-13(21-22)16(25)26)15(24)23(12-6-7-12)9-10-2-4-11(5-3-10)17(18,19)20/h2-5,8,12H,6-7,9H2,1H3,(H,25,26). The van der Waals surface area contributed by atoms with Crippen molar-refractivity contribution in [2.75, 3.05) is 0 Å². The van der Waals surface area contributed by atoms with Crippen LogP contribution in [0.1, 0.15) is 44.9 Å². The molecule has 1 aromatic heterocycles. The molecule has 1 aromatic carbocycles. The van der Waals surface area contributed by atoms with Gasteiger partial charge in [0.2, 0.25) is 0 Å². The molecular formula is C17H16F3N3O3. The fourth-order valence-electron chi connectivity index (χ4n) is 2.67.